The second-order valence-corrected chi connectivity index (χ2v) is 6.42. The van der Waals surface area contributed by atoms with Gasteiger partial charge in [-0.2, -0.15) is 16.9 Å². The predicted molar refractivity (Wildman–Crippen MR) is 87.2 cm³/mol. The predicted octanol–water partition coefficient (Wildman–Crippen LogP) is 2.81. The van der Waals surface area contributed by atoms with E-state index in [-0.39, 0.29) is 5.91 Å². The Hall–Kier alpha value is -1.82. The number of hydrogen-bond acceptors (Lipinski definition) is 4. The second-order valence-electron chi connectivity index (χ2n) is 5.55. The minimum Gasteiger partial charge on any atom is -0.310 e. The molecule has 0 aliphatic rings. The Bertz CT molecular complexity index is 622. The molecule has 2 aromatic rings. The van der Waals surface area contributed by atoms with Crippen LogP contribution in [0, 0.1) is 5.41 Å². The van der Waals surface area contributed by atoms with Crippen LogP contribution in [0.2, 0.25) is 0 Å². The van der Waals surface area contributed by atoms with Crippen LogP contribution in [0.25, 0.3) is 11.3 Å². The van der Waals surface area contributed by atoms with Crippen molar-refractivity contribution in [3.63, 3.8) is 0 Å². The van der Waals surface area contributed by atoms with Gasteiger partial charge in [-0.3, -0.25) is 14.5 Å². The first-order valence-electron chi connectivity index (χ1n) is 6.69. The van der Waals surface area contributed by atoms with E-state index in [1.165, 1.54) is 0 Å². The number of nitrogens with zero attached hydrogens (tertiary/aromatic N) is 3. The molecular formula is C15H20N4OS. The standard InChI is InChI=1S/C15H20N4OS/c1-15(2,10-21-4)14(20)17-13-8-12(18-19(13)3)11-6-5-7-16-9-11/h5-9H,10H2,1-4H3,(H,17,20). The Kier molecular flexibility index (Phi) is 4.67. The maximum atomic E-state index is 12.3. The monoisotopic (exact) mass is 304 g/mol. The molecule has 2 aromatic heterocycles. The van der Waals surface area contributed by atoms with Crippen LogP contribution in [-0.4, -0.2) is 32.7 Å². The highest BCUT2D eigenvalue weighted by molar-refractivity contribution is 7.98. The van der Waals surface area contributed by atoms with E-state index in [4.69, 9.17) is 0 Å². The number of thioether (sulfide) groups is 1. The van der Waals surface area contributed by atoms with Crippen LogP contribution in [0.5, 0.6) is 0 Å². The minimum absolute atomic E-state index is 0.00223. The minimum atomic E-state index is -0.418. The van der Waals surface area contributed by atoms with Gasteiger partial charge in [0.25, 0.3) is 0 Å². The summed E-state index contributed by atoms with van der Waals surface area (Å²) in [5.74, 6) is 1.46. The fourth-order valence-corrected chi connectivity index (χ4v) is 2.80. The van der Waals surface area contributed by atoms with Crippen molar-refractivity contribution in [2.24, 2.45) is 12.5 Å². The zero-order valence-electron chi connectivity index (χ0n) is 12.8. The van der Waals surface area contributed by atoms with Crippen molar-refractivity contribution in [2.75, 3.05) is 17.3 Å². The van der Waals surface area contributed by atoms with E-state index in [2.05, 4.69) is 15.4 Å². The zero-order chi connectivity index (χ0) is 15.5. The van der Waals surface area contributed by atoms with Crippen LogP contribution >= 0.6 is 11.8 Å². The lowest BCUT2D eigenvalue weighted by Gasteiger charge is -2.22. The first-order chi connectivity index (χ1) is 9.94. The maximum absolute atomic E-state index is 12.3. The van der Waals surface area contributed by atoms with Crippen molar-refractivity contribution in [3.8, 4) is 11.3 Å². The summed E-state index contributed by atoms with van der Waals surface area (Å²) in [6.07, 6.45) is 5.48. The van der Waals surface area contributed by atoms with Crippen molar-refractivity contribution in [3.05, 3.63) is 30.6 Å². The first kappa shape index (κ1) is 15.6. The highest BCUT2D eigenvalue weighted by atomic mass is 32.2. The molecule has 5 nitrogen and oxygen atoms in total. The van der Waals surface area contributed by atoms with E-state index in [9.17, 15) is 4.79 Å². The quantitative estimate of drug-likeness (QED) is 0.923. The Balaban J connectivity index is 2.19. The van der Waals surface area contributed by atoms with Crippen LogP contribution < -0.4 is 5.32 Å². The number of aryl methyl sites for hydroxylation is 1. The number of anilines is 1. The fourth-order valence-electron chi connectivity index (χ4n) is 1.95. The Morgan fingerprint density at radius 1 is 1.48 bits per heavy atom. The summed E-state index contributed by atoms with van der Waals surface area (Å²) in [6, 6.07) is 5.67. The molecule has 0 aliphatic heterocycles. The van der Waals surface area contributed by atoms with Gasteiger partial charge in [0, 0.05) is 36.8 Å². The molecule has 0 spiro atoms. The fraction of sp³-hybridized carbons (Fsp3) is 0.400. The molecule has 0 saturated carbocycles. The molecule has 1 N–H and O–H groups in total. The van der Waals surface area contributed by atoms with Crippen molar-refractivity contribution in [2.45, 2.75) is 13.8 Å². The highest BCUT2D eigenvalue weighted by Gasteiger charge is 2.27. The molecule has 0 aromatic carbocycles. The van der Waals surface area contributed by atoms with Crippen molar-refractivity contribution in [1.29, 1.82) is 0 Å². The molecule has 0 aliphatic carbocycles. The van der Waals surface area contributed by atoms with Gasteiger partial charge in [-0.15, -0.1) is 0 Å². The summed E-state index contributed by atoms with van der Waals surface area (Å²) < 4.78 is 1.68. The molecule has 0 fully saturated rings. The molecular weight excluding hydrogens is 284 g/mol. The lowest BCUT2D eigenvalue weighted by molar-refractivity contribution is -0.122. The van der Waals surface area contributed by atoms with Gasteiger partial charge in [0.05, 0.1) is 11.1 Å². The van der Waals surface area contributed by atoms with Gasteiger partial charge in [0.2, 0.25) is 5.91 Å². The molecule has 1 amide bonds. The zero-order valence-corrected chi connectivity index (χ0v) is 13.6. The topological polar surface area (TPSA) is 59.8 Å². The van der Waals surface area contributed by atoms with Gasteiger partial charge in [-0.1, -0.05) is 13.8 Å². The molecule has 2 rings (SSSR count). The Morgan fingerprint density at radius 2 is 2.24 bits per heavy atom. The average Bonchev–Trinajstić information content (AvgIpc) is 2.81. The van der Waals surface area contributed by atoms with E-state index >= 15 is 0 Å². The number of nitrogens with one attached hydrogen (secondary N) is 1. The molecule has 0 radical (unpaired) electrons. The van der Waals surface area contributed by atoms with E-state index in [0.717, 1.165) is 17.0 Å². The summed E-state index contributed by atoms with van der Waals surface area (Å²) in [6.45, 7) is 3.88. The number of hydrogen-bond donors (Lipinski definition) is 1. The van der Waals surface area contributed by atoms with Gasteiger partial charge in [0.1, 0.15) is 5.82 Å². The summed E-state index contributed by atoms with van der Waals surface area (Å²) in [4.78, 5) is 16.4. The van der Waals surface area contributed by atoms with Gasteiger partial charge in [-0.05, 0) is 18.4 Å². The van der Waals surface area contributed by atoms with Crippen LogP contribution in [0.4, 0.5) is 5.82 Å². The van der Waals surface area contributed by atoms with Crippen LogP contribution in [0.1, 0.15) is 13.8 Å². The largest absolute Gasteiger partial charge is 0.310 e. The van der Waals surface area contributed by atoms with E-state index in [1.54, 1.807) is 28.8 Å². The van der Waals surface area contributed by atoms with E-state index in [1.807, 2.05) is 45.4 Å². The average molecular weight is 304 g/mol. The molecule has 21 heavy (non-hydrogen) atoms. The van der Waals surface area contributed by atoms with Crippen molar-refractivity contribution < 1.29 is 4.79 Å². The van der Waals surface area contributed by atoms with Crippen LogP contribution in [0.3, 0.4) is 0 Å². The van der Waals surface area contributed by atoms with Crippen LogP contribution in [-0.2, 0) is 11.8 Å². The lowest BCUT2D eigenvalue weighted by atomic mass is 9.95. The number of carbonyl (C=O) groups is 1. The number of aromatic nitrogens is 3. The molecule has 112 valence electrons. The highest BCUT2D eigenvalue weighted by Crippen LogP contribution is 2.25. The number of amides is 1. The number of rotatable bonds is 5. The van der Waals surface area contributed by atoms with E-state index in [0.29, 0.717) is 5.82 Å². The summed E-state index contributed by atoms with van der Waals surface area (Å²) >= 11 is 1.66. The summed E-state index contributed by atoms with van der Waals surface area (Å²) in [5, 5.41) is 7.37. The molecule has 0 bridgehead atoms. The van der Waals surface area contributed by atoms with Gasteiger partial charge in [-0.25, -0.2) is 0 Å². The SMILES string of the molecule is CSCC(C)(C)C(=O)Nc1cc(-c2cccnc2)nn1C. The van der Waals surface area contributed by atoms with Crippen molar-refractivity contribution >= 4 is 23.5 Å². The summed E-state index contributed by atoms with van der Waals surface area (Å²) in [5.41, 5.74) is 1.30. The lowest BCUT2D eigenvalue weighted by Crippen LogP contribution is -2.33. The van der Waals surface area contributed by atoms with E-state index < -0.39 is 5.41 Å². The third-order valence-electron chi connectivity index (χ3n) is 3.20. The molecule has 0 unspecified atom stereocenters. The maximum Gasteiger partial charge on any atom is 0.232 e. The molecule has 2 heterocycles. The molecule has 6 heteroatoms. The Labute approximate surface area is 129 Å². The first-order valence-corrected chi connectivity index (χ1v) is 8.08. The van der Waals surface area contributed by atoms with Crippen LogP contribution in [0.15, 0.2) is 30.6 Å². The third kappa shape index (κ3) is 3.64. The smallest absolute Gasteiger partial charge is 0.232 e. The van der Waals surface area contributed by atoms with Crippen molar-refractivity contribution in [1.82, 2.24) is 14.8 Å². The third-order valence-corrected chi connectivity index (χ3v) is 4.21. The summed E-state index contributed by atoms with van der Waals surface area (Å²) in [7, 11) is 1.82. The van der Waals surface area contributed by atoms with Gasteiger partial charge in [0.15, 0.2) is 0 Å². The van der Waals surface area contributed by atoms with Gasteiger partial charge >= 0.3 is 0 Å². The number of carbonyl (C=O) groups excluding carboxylic acids is 1. The Morgan fingerprint density at radius 3 is 2.86 bits per heavy atom. The molecule has 0 saturated heterocycles. The molecule has 0 atom stereocenters. The number of pyridine rings is 1. The van der Waals surface area contributed by atoms with Gasteiger partial charge < -0.3 is 5.32 Å². The normalized spacial score (nSPS) is 11.4. The second kappa shape index (κ2) is 6.30.